The predicted octanol–water partition coefficient (Wildman–Crippen LogP) is 3.56. The van der Waals surface area contributed by atoms with Gasteiger partial charge in [0.1, 0.15) is 0 Å². The van der Waals surface area contributed by atoms with Gasteiger partial charge < -0.3 is 10.6 Å². The fourth-order valence-corrected chi connectivity index (χ4v) is 4.94. The molecule has 4 aromatic rings. The number of nitrogens with zero attached hydrogens (tertiary/aromatic N) is 2. The van der Waals surface area contributed by atoms with Crippen LogP contribution in [0.2, 0.25) is 0 Å². The molecule has 2 amide bonds. The lowest BCUT2D eigenvalue weighted by molar-refractivity contribution is 0.262. The summed E-state index contributed by atoms with van der Waals surface area (Å²) < 4.78 is 31.5. The summed E-state index contributed by atoms with van der Waals surface area (Å²) in [6, 6.07) is 19.7. The van der Waals surface area contributed by atoms with Crippen molar-refractivity contribution in [3.05, 3.63) is 88.8 Å². The Kier molecular flexibility index (Phi) is 6.27. The molecule has 0 radical (unpaired) electrons. The average Bonchev–Trinajstić information content (AvgIpc) is 3.03. The Hall–Kier alpha value is -3.89. The predicted molar refractivity (Wildman–Crippen MR) is 132 cm³/mol. The zero-order valence-corrected chi connectivity index (χ0v) is 19.8. The van der Waals surface area contributed by atoms with Crippen LogP contribution in [0.1, 0.15) is 18.5 Å². The molecule has 0 aliphatic carbocycles. The molecule has 10 heteroatoms. The van der Waals surface area contributed by atoms with Crippen LogP contribution in [0, 0.1) is 0 Å². The Balaban J connectivity index is 1.45. The van der Waals surface area contributed by atoms with E-state index < -0.39 is 16.1 Å². The van der Waals surface area contributed by atoms with E-state index in [1.165, 1.54) is 21.3 Å². The van der Waals surface area contributed by atoms with Gasteiger partial charge in [-0.15, -0.1) is 0 Å². The van der Waals surface area contributed by atoms with Gasteiger partial charge in [-0.2, -0.15) is 0 Å². The smallest absolute Gasteiger partial charge is 0.308 e. The maximum atomic E-state index is 13.0. The highest BCUT2D eigenvalue weighted by molar-refractivity contribution is 7.89. The molecule has 0 spiro atoms. The van der Waals surface area contributed by atoms with Crippen LogP contribution in [0.25, 0.3) is 11.0 Å². The first kappa shape index (κ1) is 23.3. The fourth-order valence-electron chi connectivity index (χ4n) is 3.69. The summed E-state index contributed by atoms with van der Waals surface area (Å²) >= 11 is 0. The number of hydrogen-bond acceptors (Lipinski definition) is 4. The number of aryl methyl sites for hydroxylation is 2. The summed E-state index contributed by atoms with van der Waals surface area (Å²) in [7, 11) is -0.592. The van der Waals surface area contributed by atoms with Gasteiger partial charge in [0.25, 0.3) is 0 Å². The number of amides is 2. The number of hydrogen-bond donors (Lipinski definition) is 3. The first-order valence-corrected chi connectivity index (χ1v) is 12.0. The molecule has 176 valence electrons. The van der Waals surface area contributed by atoms with Crippen molar-refractivity contribution in [1.82, 2.24) is 13.9 Å². The van der Waals surface area contributed by atoms with Crippen molar-refractivity contribution in [3.63, 3.8) is 0 Å². The average molecular weight is 480 g/mol. The van der Waals surface area contributed by atoms with Crippen LogP contribution in [0.15, 0.2) is 82.5 Å². The Morgan fingerprint density at radius 2 is 1.41 bits per heavy atom. The SMILES string of the molecule is CC(NS(=O)(=O)c1ccc2c(c1)n(C)c(=O)n2C)c1ccc(NC(=O)Nc2ccccc2)cc1. The molecule has 34 heavy (non-hydrogen) atoms. The van der Waals surface area contributed by atoms with Crippen molar-refractivity contribution < 1.29 is 13.2 Å². The topological polar surface area (TPSA) is 114 Å². The number of imidazole rings is 1. The summed E-state index contributed by atoms with van der Waals surface area (Å²) in [5, 5.41) is 5.47. The summed E-state index contributed by atoms with van der Waals surface area (Å²) in [4.78, 5) is 24.3. The molecule has 3 N–H and O–H groups in total. The van der Waals surface area contributed by atoms with Crippen molar-refractivity contribution in [3.8, 4) is 0 Å². The molecule has 9 nitrogen and oxygen atoms in total. The van der Waals surface area contributed by atoms with E-state index in [4.69, 9.17) is 0 Å². The van der Waals surface area contributed by atoms with Crippen molar-refractivity contribution in [2.75, 3.05) is 10.6 Å². The number of carbonyl (C=O) groups is 1. The summed E-state index contributed by atoms with van der Waals surface area (Å²) in [5.41, 5.74) is 2.94. The number of nitrogens with one attached hydrogen (secondary N) is 3. The first-order valence-electron chi connectivity index (χ1n) is 10.6. The van der Waals surface area contributed by atoms with Gasteiger partial charge in [0.15, 0.2) is 0 Å². The Morgan fingerprint density at radius 1 is 0.824 bits per heavy atom. The van der Waals surface area contributed by atoms with Gasteiger partial charge in [0.05, 0.1) is 15.9 Å². The molecule has 1 heterocycles. The fraction of sp³-hybridized carbons (Fsp3) is 0.167. The molecule has 1 aromatic heterocycles. The van der Waals surface area contributed by atoms with Gasteiger partial charge >= 0.3 is 11.7 Å². The molecule has 0 bridgehead atoms. The van der Waals surface area contributed by atoms with Crippen LogP contribution in [0.3, 0.4) is 0 Å². The molecular weight excluding hydrogens is 454 g/mol. The number of fused-ring (bicyclic) bond motifs is 1. The Morgan fingerprint density at radius 3 is 2.06 bits per heavy atom. The van der Waals surface area contributed by atoms with Crippen LogP contribution in [-0.2, 0) is 24.1 Å². The summed E-state index contributed by atoms with van der Waals surface area (Å²) in [5.74, 6) is 0. The lowest BCUT2D eigenvalue weighted by Gasteiger charge is -2.16. The van der Waals surface area contributed by atoms with E-state index in [0.717, 1.165) is 5.56 Å². The minimum Gasteiger partial charge on any atom is -0.308 e. The minimum atomic E-state index is -3.84. The van der Waals surface area contributed by atoms with E-state index >= 15 is 0 Å². The van der Waals surface area contributed by atoms with Crippen molar-refractivity contribution in [2.24, 2.45) is 14.1 Å². The highest BCUT2D eigenvalue weighted by atomic mass is 32.2. The van der Waals surface area contributed by atoms with Gasteiger partial charge in [-0.05, 0) is 55.0 Å². The van der Waals surface area contributed by atoms with E-state index in [1.54, 1.807) is 63.5 Å². The van der Waals surface area contributed by atoms with E-state index in [0.29, 0.717) is 22.4 Å². The molecule has 0 saturated heterocycles. The largest absolute Gasteiger partial charge is 0.328 e. The quantitative estimate of drug-likeness (QED) is 0.392. The second-order valence-electron chi connectivity index (χ2n) is 7.96. The van der Waals surface area contributed by atoms with Crippen LogP contribution < -0.4 is 21.0 Å². The van der Waals surface area contributed by atoms with Gasteiger partial charge in [-0.1, -0.05) is 30.3 Å². The molecule has 0 aliphatic heterocycles. The minimum absolute atomic E-state index is 0.0731. The number of carbonyl (C=O) groups excluding carboxylic acids is 1. The zero-order valence-electron chi connectivity index (χ0n) is 18.9. The maximum Gasteiger partial charge on any atom is 0.328 e. The van der Waals surface area contributed by atoms with E-state index in [9.17, 15) is 18.0 Å². The molecule has 0 aliphatic rings. The van der Waals surface area contributed by atoms with E-state index in [2.05, 4.69) is 15.4 Å². The highest BCUT2D eigenvalue weighted by Gasteiger charge is 2.20. The molecule has 0 fully saturated rings. The van der Waals surface area contributed by atoms with Crippen molar-refractivity contribution in [1.29, 1.82) is 0 Å². The first-order chi connectivity index (χ1) is 16.2. The molecule has 4 rings (SSSR count). The lowest BCUT2D eigenvalue weighted by Crippen LogP contribution is -2.27. The van der Waals surface area contributed by atoms with Crippen LogP contribution in [0.5, 0.6) is 0 Å². The molecule has 3 aromatic carbocycles. The number of rotatable bonds is 6. The van der Waals surface area contributed by atoms with Gasteiger partial charge in [-0.25, -0.2) is 22.7 Å². The Labute approximate surface area is 197 Å². The third kappa shape index (κ3) is 4.73. The number of para-hydroxylation sites is 1. The van der Waals surface area contributed by atoms with E-state index in [-0.39, 0.29) is 16.6 Å². The van der Waals surface area contributed by atoms with E-state index in [1.807, 2.05) is 18.2 Å². The number of aromatic nitrogens is 2. The van der Waals surface area contributed by atoms with Crippen molar-refractivity contribution in [2.45, 2.75) is 17.9 Å². The molecular formula is C24H25N5O4S. The molecule has 0 saturated carbocycles. The van der Waals surface area contributed by atoms with Crippen LogP contribution in [0.4, 0.5) is 16.2 Å². The van der Waals surface area contributed by atoms with Gasteiger partial charge in [0.2, 0.25) is 10.0 Å². The standard InChI is InChI=1S/C24H25N5O4S/c1-16(17-9-11-19(12-10-17)26-23(30)25-18-7-5-4-6-8-18)27-34(32,33)20-13-14-21-22(15-20)29(3)24(31)28(21)2/h4-16,27H,1-3H3,(H2,25,26,30). The van der Waals surface area contributed by atoms with Crippen molar-refractivity contribution >= 4 is 38.5 Å². The Bertz CT molecular complexity index is 1510. The number of urea groups is 1. The maximum absolute atomic E-state index is 13.0. The molecule has 1 unspecified atom stereocenters. The number of benzene rings is 3. The highest BCUT2D eigenvalue weighted by Crippen LogP contribution is 2.22. The number of sulfonamides is 1. The normalized spacial score (nSPS) is 12.4. The number of anilines is 2. The third-order valence-corrected chi connectivity index (χ3v) is 7.12. The molecule has 1 atom stereocenters. The monoisotopic (exact) mass is 479 g/mol. The van der Waals surface area contributed by atoms with Gasteiger partial charge in [0, 0.05) is 31.5 Å². The lowest BCUT2D eigenvalue weighted by atomic mass is 10.1. The summed E-state index contributed by atoms with van der Waals surface area (Å²) in [6.07, 6.45) is 0. The summed E-state index contributed by atoms with van der Waals surface area (Å²) in [6.45, 7) is 1.74. The second kappa shape index (κ2) is 9.16. The van der Waals surface area contributed by atoms with Gasteiger partial charge in [-0.3, -0.25) is 9.13 Å². The zero-order chi connectivity index (χ0) is 24.5. The van der Waals surface area contributed by atoms with Crippen LogP contribution >= 0.6 is 0 Å². The van der Waals surface area contributed by atoms with Crippen LogP contribution in [-0.4, -0.2) is 23.6 Å². The second-order valence-corrected chi connectivity index (χ2v) is 9.68. The third-order valence-electron chi connectivity index (χ3n) is 5.59.